The number of halogens is 1. The summed E-state index contributed by atoms with van der Waals surface area (Å²) in [4.78, 5) is 12.2. The SMILES string of the molecule is CCn1nc(C)c(Cl)c1CC(=O)CC1CCNCC1. The number of Topliss-reactive ketones (excluding diaryl/α,β-unsaturated/α-hetero) is 1. The molecule has 0 aliphatic carbocycles. The average Bonchev–Trinajstić information content (AvgIpc) is 2.67. The van der Waals surface area contributed by atoms with Crippen molar-refractivity contribution >= 4 is 17.4 Å². The van der Waals surface area contributed by atoms with E-state index in [0.717, 1.165) is 43.9 Å². The van der Waals surface area contributed by atoms with Gasteiger partial charge in [0.2, 0.25) is 0 Å². The molecule has 0 atom stereocenters. The smallest absolute Gasteiger partial charge is 0.139 e. The third-order valence-electron chi connectivity index (χ3n) is 3.79. The molecular formula is C14H22ClN3O. The minimum absolute atomic E-state index is 0.281. The van der Waals surface area contributed by atoms with E-state index < -0.39 is 0 Å². The summed E-state index contributed by atoms with van der Waals surface area (Å²) >= 11 is 6.23. The highest BCUT2D eigenvalue weighted by Gasteiger charge is 2.20. The number of aromatic nitrogens is 2. The van der Waals surface area contributed by atoms with Crippen LogP contribution in [0.3, 0.4) is 0 Å². The molecule has 1 aliphatic rings. The Balaban J connectivity index is 1.98. The number of rotatable bonds is 5. The van der Waals surface area contributed by atoms with Crippen molar-refractivity contribution < 1.29 is 4.79 Å². The molecule has 1 aliphatic heterocycles. The zero-order chi connectivity index (χ0) is 13.8. The molecular weight excluding hydrogens is 262 g/mol. The van der Waals surface area contributed by atoms with Gasteiger partial charge in [0.15, 0.2) is 0 Å². The lowest BCUT2D eigenvalue weighted by Crippen LogP contribution is -2.29. The van der Waals surface area contributed by atoms with Crippen molar-refractivity contribution in [2.24, 2.45) is 5.92 Å². The van der Waals surface area contributed by atoms with Crippen LogP contribution in [0, 0.1) is 12.8 Å². The first-order chi connectivity index (χ1) is 9.11. The summed E-state index contributed by atoms with van der Waals surface area (Å²) in [5.41, 5.74) is 1.69. The van der Waals surface area contributed by atoms with Crippen molar-refractivity contribution in [3.8, 4) is 0 Å². The van der Waals surface area contributed by atoms with Gasteiger partial charge in [-0.2, -0.15) is 5.10 Å². The Labute approximate surface area is 119 Å². The van der Waals surface area contributed by atoms with Gasteiger partial charge in [0.25, 0.3) is 0 Å². The fourth-order valence-electron chi connectivity index (χ4n) is 2.70. The highest BCUT2D eigenvalue weighted by Crippen LogP contribution is 2.23. The quantitative estimate of drug-likeness (QED) is 0.902. The molecule has 0 saturated carbocycles. The first-order valence-corrected chi connectivity index (χ1v) is 7.43. The number of hydrogen-bond acceptors (Lipinski definition) is 3. The maximum atomic E-state index is 12.2. The van der Waals surface area contributed by atoms with E-state index in [9.17, 15) is 4.79 Å². The first-order valence-electron chi connectivity index (χ1n) is 7.06. The molecule has 1 fully saturated rings. The number of ketones is 1. The van der Waals surface area contributed by atoms with Crippen LogP contribution in [0.1, 0.15) is 37.6 Å². The summed E-state index contributed by atoms with van der Waals surface area (Å²) in [6, 6.07) is 0. The summed E-state index contributed by atoms with van der Waals surface area (Å²) < 4.78 is 1.85. The summed E-state index contributed by atoms with van der Waals surface area (Å²) in [5.74, 6) is 0.815. The van der Waals surface area contributed by atoms with Crippen molar-refractivity contribution in [3.63, 3.8) is 0 Å². The zero-order valence-corrected chi connectivity index (χ0v) is 12.5. The highest BCUT2D eigenvalue weighted by atomic mass is 35.5. The molecule has 1 aromatic heterocycles. The lowest BCUT2D eigenvalue weighted by molar-refractivity contribution is -0.119. The minimum atomic E-state index is 0.281. The van der Waals surface area contributed by atoms with E-state index in [2.05, 4.69) is 10.4 Å². The second-order valence-electron chi connectivity index (χ2n) is 5.27. The predicted molar refractivity (Wildman–Crippen MR) is 76.6 cm³/mol. The van der Waals surface area contributed by atoms with E-state index in [0.29, 0.717) is 23.8 Å². The molecule has 0 amide bonds. The van der Waals surface area contributed by atoms with E-state index >= 15 is 0 Å². The van der Waals surface area contributed by atoms with Crippen LogP contribution in [0.2, 0.25) is 5.02 Å². The number of piperidine rings is 1. The van der Waals surface area contributed by atoms with Crippen LogP contribution in [-0.2, 0) is 17.8 Å². The van der Waals surface area contributed by atoms with Crippen LogP contribution in [-0.4, -0.2) is 28.7 Å². The molecule has 0 unspecified atom stereocenters. The Morgan fingerprint density at radius 3 is 2.79 bits per heavy atom. The van der Waals surface area contributed by atoms with Gasteiger partial charge in [-0.1, -0.05) is 11.6 Å². The van der Waals surface area contributed by atoms with E-state index in [4.69, 9.17) is 11.6 Å². The Hall–Kier alpha value is -0.870. The van der Waals surface area contributed by atoms with Crippen molar-refractivity contribution in [1.29, 1.82) is 0 Å². The molecule has 1 saturated heterocycles. The number of nitrogens with one attached hydrogen (secondary N) is 1. The van der Waals surface area contributed by atoms with Crippen LogP contribution in [0.4, 0.5) is 0 Å². The molecule has 1 aromatic rings. The standard InChI is InChI=1S/C14H22ClN3O/c1-3-18-13(14(15)10(2)17-18)9-12(19)8-11-4-6-16-7-5-11/h11,16H,3-9H2,1-2H3. The Morgan fingerprint density at radius 2 is 2.16 bits per heavy atom. The van der Waals surface area contributed by atoms with Gasteiger partial charge in [-0.15, -0.1) is 0 Å². The molecule has 0 aromatic carbocycles. The van der Waals surface area contributed by atoms with Gasteiger partial charge < -0.3 is 5.32 Å². The minimum Gasteiger partial charge on any atom is -0.317 e. The van der Waals surface area contributed by atoms with Crippen molar-refractivity contribution in [2.45, 2.75) is 46.1 Å². The number of carbonyl (C=O) groups excluding carboxylic acids is 1. The average molecular weight is 284 g/mol. The van der Waals surface area contributed by atoms with E-state index in [1.54, 1.807) is 0 Å². The second kappa shape index (κ2) is 6.53. The van der Waals surface area contributed by atoms with E-state index in [1.807, 2.05) is 18.5 Å². The molecule has 2 heterocycles. The monoisotopic (exact) mass is 283 g/mol. The predicted octanol–water partition coefficient (Wildman–Crippen LogP) is 2.37. The first kappa shape index (κ1) is 14.5. The third-order valence-corrected chi connectivity index (χ3v) is 4.28. The lowest BCUT2D eigenvalue weighted by Gasteiger charge is -2.21. The highest BCUT2D eigenvalue weighted by molar-refractivity contribution is 6.32. The summed E-state index contributed by atoms with van der Waals surface area (Å²) in [7, 11) is 0. The Bertz CT molecular complexity index is 450. The van der Waals surface area contributed by atoms with Crippen molar-refractivity contribution in [1.82, 2.24) is 15.1 Å². The summed E-state index contributed by atoms with van der Waals surface area (Å²) in [6.07, 6.45) is 3.29. The zero-order valence-electron chi connectivity index (χ0n) is 11.7. The number of nitrogens with zero attached hydrogens (tertiary/aromatic N) is 2. The fraction of sp³-hybridized carbons (Fsp3) is 0.714. The topological polar surface area (TPSA) is 46.9 Å². The number of hydrogen-bond donors (Lipinski definition) is 1. The van der Waals surface area contributed by atoms with Gasteiger partial charge in [-0.25, -0.2) is 0 Å². The Morgan fingerprint density at radius 1 is 1.47 bits per heavy atom. The van der Waals surface area contributed by atoms with Crippen LogP contribution in [0.15, 0.2) is 0 Å². The van der Waals surface area contributed by atoms with Crippen LogP contribution in [0.25, 0.3) is 0 Å². The Kier molecular flexibility index (Phi) is 4.99. The molecule has 19 heavy (non-hydrogen) atoms. The molecule has 106 valence electrons. The van der Waals surface area contributed by atoms with Gasteiger partial charge in [-0.05, 0) is 45.7 Å². The van der Waals surface area contributed by atoms with Crippen molar-refractivity contribution in [3.05, 3.63) is 16.4 Å². The van der Waals surface area contributed by atoms with E-state index in [-0.39, 0.29) is 5.78 Å². The molecule has 5 heteroatoms. The van der Waals surface area contributed by atoms with Gasteiger partial charge >= 0.3 is 0 Å². The fourth-order valence-corrected chi connectivity index (χ4v) is 2.91. The molecule has 0 bridgehead atoms. The third kappa shape index (κ3) is 3.57. The lowest BCUT2D eigenvalue weighted by atomic mass is 9.91. The number of carbonyl (C=O) groups is 1. The maximum absolute atomic E-state index is 12.2. The molecule has 4 nitrogen and oxygen atoms in total. The largest absolute Gasteiger partial charge is 0.317 e. The molecule has 1 N–H and O–H groups in total. The van der Waals surface area contributed by atoms with Gasteiger partial charge in [0.05, 0.1) is 16.4 Å². The normalized spacial score (nSPS) is 16.8. The number of aryl methyl sites for hydroxylation is 2. The van der Waals surface area contributed by atoms with Crippen LogP contribution < -0.4 is 5.32 Å². The van der Waals surface area contributed by atoms with Crippen molar-refractivity contribution in [2.75, 3.05) is 13.1 Å². The second-order valence-corrected chi connectivity index (χ2v) is 5.65. The molecule has 0 spiro atoms. The van der Waals surface area contributed by atoms with Gasteiger partial charge in [0.1, 0.15) is 5.78 Å². The summed E-state index contributed by atoms with van der Waals surface area (Å²) in [5, 5.41) is 8.33. The van der Waals surface area contributed by atoms with Gasteiger partial charge in [0, 0.05) is 19.4 Å². The molecule has 0 radical (unpaired) electrons. The molecule has 2 rings (SSSR count). The van der Waals surface area contributed by atoms with E-state index in [1.165, 1.54) is 0 Å². The van der Waals surface area contributed by atoms with Gasteiger partial charge in [-0.3, -0.25) is 9.48 Å². The summed E-state index contributed by atoms with van der Waals surface area (Å²) in [6.45, 7) is 6.72. The van der Waals surface area contributed by atoms with Crippen LogP contribution >= 0.6 is 11.6 Å². The van der Waals surface area contributed by atoms with Crippen LogP contribution in [0.5, 0.6) is 0 Å². The maximum Gasteiger partial charge on any atom is 0.139 e.